The van der Waals surface area contributed by atoms with Gasteiger partial charge in [-0.2, -0.15) is 0 Å². The van der Waals surface area contributed by atoms with E-state index in [0.717, 1.165) is 22.3 Å². The molecule has 1 atom stereocenters. The lowest BCUT2D eigenvalue weighted by atomic mass is 9.89. The minimum Gasteiger partial charge on any atom is -0.207 e. The number of hydrogen-bond acceptors (Lipinski definition) is 0. The van der Waals surface area contributed by atoms with Crippen molar-refractivity contribution in [2.24, 2.45) is 0 Å². The standard InChI is InChI=1S/C20H15F/c1-13-9-11-14(12-10-13)19-16-6-3-2-5-15(16)17-7-4-8-18(21)20(17)19/h2-12,19H,1H3. The van der Waals surface area contributed by atoms with Crippen LogP contribution in [-0.4, -0.2) is 0 Å². The predicted molar refractivity (Wildman–Crippen MR) is 84.0 cm³/mol. The first-order valence-electron chi connectivity index (χ1n) is 7.20. The SMILES string of the molecule is Cc1ccc(C2c3ccccc3-c3cccc(F)c32)cc1. The van der Waals surface area contributed by atoms with Gasteiger partial charge in [0, 0.05) is 11.5 Å². The molecule has 1 aliphatic carbocycles. The lowest BCUT2D eigenvalue weighted by molar-refractivity contribution is 0.610. The lowest BCUT2D eigenvalue weighted by Crippen LogP contribution is -2.01. The molecule has 4 rings (SSSR count). The largest absolute Gasteiger partial charge is 0.207 e. The first kappa shape index (κ1) is 12.3. The van der Waals surface area contributed by atoms with E-state index in [1.807, 2.05) is 18.2 Å². The van der Waals surface area contributed by atoms with Crippen LogP contribution in [0.4, 0.5) is 4.39 Å². The monoisotopic (exact) mass is 274 g/mol. The Morgan fingerprint density at radius 2 is 1.48 bits per heavy atom. The zero-order valence-electron chi connectivity index (χ0n) is 11.8. The van der Waals surface area contributed by atoms with Crippen molar-refractivity contribution in [3.8, 4) is 11.1 Å². The van der Waals surface area contributed by atoms with Crippen molar-refractivity contribution in [3.63, 3.8) is 0 Å². The van der Waals surface area contributed by atoms with Crippen LogP contribution in [0.2, 0.25) is 0 Å². The van der Waals surface area contributed by atoms with Crippen LogP contribution in [0, 0.1) is 12.7 Å². The number of hydrogen-bond donors (Lipinski definition) is 0. The van der Waals surface area contributed by atoms with E-state index in [-0.39, 0.29) is 11.7 Å². The van der Waals surface area contributed by atoms with Gasteiger partial charge in [-0.1, -0.05) is 66.2 Å². The smallest absolute Gasteiger partial charge is 0.127 e. The maximum atomic E-state index is 14.5. The van der Waals surface area contributed by atoms with Gasteiger partial charge in [0.2, 0.25) is 0 Å². The van der Waals surface area contributed by atoms with Crippen LogP contribution in [0.5, 0.6) is 0 Å². The van der Waals surface area contributed by atoms with Crippen molar-refractivity contribution >= 4 is 0 Å². The third kappa shape index (κ3) is 1.81. The van der Waals surface area contributed by atoms with Crippen LogP contribution in [0.3, 0.4) is 0 Å². The van der Waals surface area contributed by atoms with Gasteiger partial charge < -0.3 is 0 Å². The van der Waals surface area contributed by atoms with Crippen molar-refractivity contribution in [3.05, 3.63) is 94.8 Å². The number of rotatable bonds is 1. The third-order valence-corrected chi connectivity index (χ3v) is 4.31. The average molecular weight is 274 g/mol. The van der Waals surface area contributed by atoms with Gasteiger partial charge in [0.15, 0.2) is 0 Å². The van der Waals surface area contributed by atoms with Crippen molar-refractivity contribution in [2.45, 2.75) is 12.8 Å². The Balaban J connectivity index is 2.01. The van der Waals surface area contributed by atoms with E-state index >= 15 is 0 Å². The van der Waals surface area contributed by atoms with Crippen molar-refractivity contribution in [2.75, 3.05) is 0 Å². The highest BCUT2D eigenvalue weighted by atomic mass is 19.1. The van der Waals surface area contributed by atoms with E-state index in [1.165, 1.54) is 11.1 Å². The zero-order chi connectivity index (χ0) is 14.4. The highest BCUT2D eigenvalue weighted by Gasteiger charge is 2.31. The molecule has 21 heavy (non-hydrogen) atoms. The van der Waals surface area contributed by atoms with Gasteiger partial charge in [-0.15, -0.1) is 0 Å². The second-order valence-corrected chi connectivity index (χ2v) is 5.63. The molecule has 0 aromatic heterocycles. The Morgan fingerprint density at radius 3 is 2.29 bits per heavy atom. The highest BCUT2D eigenvalue weighted by molar-refractivity contribution is 5.80. The minimum absolute atomic E-state index is 0.00185. The Hall–Kier alpha value is -2.41. The predicted octanol–water partition coefficient (Wildman–Crippen LogP) is 5.29. The molecule has 0 fully saturated rings. The fourth-order valence-corrected chi connectivity index (χ4v) is 3.32. The van der Waals surface area contributed by atoms with Gasteiger partial charge in [-0.3, -0.25) is 0 Å². The van der Waals surface area contributed by atoms with E-state index in [2.05, 4.69) is 43.3 Å². The van der Waals surface area contributed by atoms with E-state index in [0.29, 0.717) is 0 Å². The van der Waals surface area contributed by atoms with E-state index < -0.39 is 0 Å². The Bertz CT molecular complexity index is 815. The van der Waals surface area contributed by atoms with Gasteiger partial charge in [0.05, 0.1) is 0 Å². The second-order valence-electron chi connectivity index (χ2n) is 5.63. The van der Waals surface area contributed by atoms with Crippen LogP contribution in [-0.2, 0) is 0 Å². The molecule has 0 spiro atoms. The maximum absolute atomic E-state index is 14.5. The molecule has 3 aromatic rings. The van der Waals surface area contributed by atoms with E-state index in [4.69, 9.17) is 0 Å². The van der Waals surface area contributed by atoms with Gasteiger partial charge in [0.1, 0.15) is 5.82 Å². The van der Waals surface area contributed by atoms with Crippen molar-refractivity contribution < 1.29 is 4.39 Å². The number of benzene rings is 3. The molecule has 1 heteroatoms. The molecule has 1 unspecified atom stereocenters. The normalized spacial score (nSPS) is 15.6. The molecule has 0 nitrogen and oxygen atoms in total. The first-order chi connectivity index (χ1) is 10.3. The summed E-state index contributed by atoms with van der Waals surface area (Å²) in [5.41, 5.74) is 6.55. The summed E-state index contributed by atoms with van der Waals surface area (Å²) in [5, 5.41) is 0. The molecule has 0 N–H and O–H groups in total. The van der Waals surface area contributed by atoms with Gasteiger partial charge in [0.25, 0.3) is 0 Å². The molecule has 0 heterocycles. The van der Waals surface area contributed by atoms with Crippen LogP contribution in [0.1, 0.15) is 28.2 Å². The second kappa shape index (κ2) is 4.56. The summed E-state index contributed by atoms with van der Waals surface area (Å²) in [6.07, 6.45) is 0. The molecule has 0 amide bonds. The van der Waals surface area contributed by atoms with Gasteiger partial charge >= 0.3 is 0 Å². The number of fused-ring (bicyclic) bond motifs is 3. The first-order valence-corrected chi connectivity index (χ1v) is 7.20. The van der Waals surface area contributed by atoms with Crippen molar-refractivity contribution in [1.29, 1.82) is 0 Å². The molecule has 0 bridgehead atoms. The molecule has 102 valence electrons. The Kier molecular flexibility index (Phi) is 2.68. The average Bonchev–Trinajstić information content (AvgIpc) is 2.84. The summed E-state index contributed by atoms with van der Waals surface area (Å²) in [6, 6.07) is 22.0. The van der Waals surface area contributed by atoms with Crippen LogP contribution < -0.4 is 0 Å². The molecule has 0 saturated carbocycles. The molecule has 3 aromatic carbocycles. The third-order valence-electron chi connectivity index (χ3n) is 4.31. The summed E-state index contributed by atoms with van der Waals surface area (Å²) in [6.45, 7) is 2.07. The molecular formula is C20H15F. The van der Waals surface area contributed by atoms with Crippen LogP contribution in [0.25, 0.3) is 11.1 Å². The molecule has 0 aliphatic heterocycles. The molecule has 0 radical (unpaired) electrons. The Labute approximate surface area is 123 Å². The fraction of sp³-hybridized carbons (Fsp3) is 0.100. The summed E-state index contributed by atoms with van der Waals surface area (Å²) < 4.78 is 14.5. The topological polar surface area (TPSA) is 0 Å². The summed E-state index contributed by atoms with van der Waals surface area (Å²) >= 11 is 0. The zero-order valence-corrected chi connectivity index (χ0v) is 11.8. The van der Waals surface area contributed by atoms with Crippen molar-refractivity contribution in [1.82, 2.24) is 0 Å². The van der Waals surface area contributed by atoms with E-state index in [9.17, 15) is 4.39 Å². The van der Waals surface area contributed by atoms with E-state index in [1.54, 1.807) is 12.1 Å². The summed E-state index contributed by atoms with van der Waals surface area (Å²) in [4.78, 5) is 0. The number of aryl methyl sites for hydroxylation is 1. The maximum Gasteiger partial charge on any atom is 0.127 e. The van der Waals surface area contributed by atoms with Gasteiger partial charge in [-0.05, 0) is 35.2 Å². The highest BCUT2D eigenvalue weighted by Crippen LogP contribution is 2.48. The summed E-state index contributed by atoms with van der Waals surface area (Å²) in [5.74, 6) is -0.118. The lowest BCUT2D eigenvalue weighted by Gasteiger charge is -2.15. The molecular weight excluding hydrogens is 259 g/mol. The Morgan fingerprint density at radius 1 is 0.762 bits per heavy atom. The van der Waals surface area contributed by atoms with Crippen LogP contribution in [0.15, 0.2) is 66.7 Å². The summed E-state index contributed by atoms with van der Waals surface area (Å²) in [7, 11) is 0. The molecule has 0 saturated heterocycles. The number of halogens is 1. The van der Waals surface area contributed by atoms with Crippen LogP contribution >= 0.6 is 0 Å². The fourth-order valence-electron chi connectivity index (χ4n) is 3.32. The molecule has 1 aliphatic rings. The van der Waals surface area contributed by atoms with Gasteiger partial charge in [-0.25, -0.2) is 4.39 Å². The minimum atomic E-state index is -0.116. The quantitative estimate of drug-likeness (QED) is 0.442.